The van der Waals surface area contributed by atoms with Gasteiger partial charge in [-0.25, -0.2) is 4.39 Å². The van der Waals surface area contributed by atoms with Crippen molar-refractivity contribution in [1.82, 2.24) is 4.90 Å². The maximum absolute atomic E-state index is 13.3. The molecule has 1 unspecified atom stereocenters. The molecule has 6 heteroatoms. The number of nitriles is 1. The van der Waals surface area contributed by atoms with Gasteiger partial charge in [-0.2, -0.15) is 5.26 Å². The van der Waals surface area contributed by atoms with Crippen molar-refractivity contribution in [2.75, 3.05) is 7.05 Å². The Morgan fingerprint density at radius 2 is 1.94 bits per heavy atom. The Labute approximate surface area is 197 Å². The van der Waals surface area contributed by atoms with Crippen LogP contribution in [-0.2, 0) is 16.6 Å². The third-order valence-corrected chi connectivity index (χ3v) is 7.70. The Hall–Kier alpha value is -3.43. The number of amides is 1. The topological polar surface area (TPSA) is 70.1 Å². The number of nitrogens with zero attached hydrogens (tertiary/aromatic N) is 2. The van der Waals surface area contributed by atoms with Gasteiger partial charge >= 0.3 is 0 Å². The Balaban J connectivity index is 1.62. The fourth-order valence-corrected chi connectivity index (χ4v) is 5.60. The predicted molar refractivity (Wildman–Crippen MR) is 130 cm³/mol. The first-order chi connectivity index (χ1) is 15.8. The molecule has 0 radical (unpaired) electrons. The number of thiophene rings is 1. The summed E-state index contributed by atoms with van der Waals surface area (Å²) >= 11 is 1.61. The van der Waals surface area contributed by atoms with Gasteiger partial charge in [0, 0.05) is 17.3 Å². The zero-order chi connectivity index (χ0) is 23.6. The van der Waals surface area contributed by atoms with E-state index in [1.54, 1.807) is 36.6 Å². The van der Waals surface area contributed by atoms with Crippen molar-refractivity contribution in [2.45, 2.75) is 31.6 Å². The summed E-state index contributed by atoms with van der Waals surface area (Å²) in [5.74, 6) is -0.0336. The zero-order valence-electron chi connectivity index (χ0n) is 18.7. The molecule has 2 aromatic carbocycles. The van der Waals surface area contributed by atoms with Crippen molar-refractivity contribution in [3.05, 3.63) is 93.7 Å². The van der Waals surface area contributed by atoms with Gasteiger partial charge in [-0.1, -0.05) is 31.2 Å². The smallest absolute Gasteiger partial charge is 0.232 e. The lowest BCUT2D eigenvalue weighted by Crippen LogP contribution is -2.49. The number of hydrogen-bond donors (Lipinski definition) is 1. The van der Waals surface area contributed by atoms with Crippen molar-refractivity contribution in [3.8, 4) is 17.2 Å². The van der Waals surface area contributed by atoms with Crippen molar-refractivity contribution in [2.24, 2.45) is 11.7 Å². The van der Waals surface area contributed by atoms with Gasteiger partial charge in [0.15, 0.2) is 0 Å². The lowest BCUT2D eigenvalue weighted by molar-refractivity contribution is -0.135. The van der Waals surface area contributed by atoms with E-state index in [0.717, 1.165) is 34.4 Å². The molecule has 0 aliphatic carbocycles. The molecule has 168 valence electrons. The lowest BCUT2D eigenvalue weighted by Gasteiger charge is -2.41. The summed E-state index contributed by atoms with van der Waals surface area (Å²) in [6.07, 6.45) is 4.28. The summed E-state index contributed by atoms with van der Waals surface area (Å²) in [6.45, 7) is 2.08. The van der Waals surface area contributed by atoms with Gasteiger partial charge in [0.1, 0.15) is 11.6 Å². The summed E-state index contributed by atoms with van der Waals surface area (Å²) in [7, 11) is 1.72. The number of allylic oxidation sites excluding steroid dienone is 1. The fourth-order valence-electron chi connectivity index (χ4n) is 4.49. The number of rotatable bonds is 6. The molecule has 1 aliphatic rings. The second-order valence-electron chi connectivity index (χ2n) is 8.71. The Bertz CT molecular complexity index is 1240. The highest BCUT2D eigenvalue weighted by atomic mass is 32.1. The molecule has 1 aliphatic heterocycles. The van der Waals surface area contributed by atoms with Crippen LogP contribution in [0.15, 0.2) is 71.9 Å². The van der Waals surface area contributed by atoms with Crippen LogP contribution in [0.3, 0.4) is 0 Å². The summed E-state index contributed by atoms with van der Waals surface area (Å²) in [5, 5.41) is 11.3. The molecular weight excluding hydrogens is 433 g/mol. The number of halogens is 1. The number of nitrogens with two attached hydrogens (primary N) is 1. The van der Waals surface area contributed by atoms with Crippen molar-refractivity contribution in [3.63, 3.8) is 0 Å². The largest absolute Gasteiger partial charge is 0.385 e. The molecule has 0 saturated heterocycles. The second-order valence-corrected chi connectivity index (χ2v) is 9.62. The highest BCUT2D eigenvalue weighted by Gasteiger charge is 2.45. The van der Waals surface area contributed by atoms with Gasteiger partial charge < -0.3 is 10.6 Å². The van der Waals surface area contributed by atoms with Crippen LogP contribution in [0.4, 0.5) is 4.39 Å². The van der Waals surface area contributed by atoms with Gasteiger partial charge in [0.2, 0.25) is 5.91 Å². The van der Waals surface area contributed by atoms with Gasteiger partial charge in [0.25, 0.3) is 0 Å². The molecule has 4 rings (SSSR count). The van der Waals surface area contributed by atoms with E-state index in [1.807, 2.05) is 24.3 Å². The van der Waals surface area contributed by atoms with Crippen molar-refractivity contribution < 1.29 is 9.18 Å². The van der Waals surface area contributed by atoms with Crippen LogP contribution < -0.4 is 5.73 Å². The molecule has 3 aromatic rings. The third-order valence-electron chi connectivity index (χ3n) is 6.51. The fraction of sp³-hybridized carbons (Fsp3) is 0.259. The van der Waals surface area contributed by atoms with E-state index in [4.69, 9.17) is 5.73 Å². The van der Waals surface area contributed by atoms with Gasteiger partial charge in [-0.15, -0.1) is 11.3 Å². The first kappa shape index (κ1) is 22.8. The van der Waals surface area contributed by atoms with E-state index < -0.39 is 5.41 Å². The molecule has 0 fully saturated rings. The molecule has 0 saturated carbocycles. The molecule has 0 spiro atoms. The van der Waals surface area contributed by atoms with Gasteiger partial charge in [-0.05, 0) is 77.7 Å². The van der Waals surface area contributed by atoms with Crippen LogP contribution in [0.25, 0.3) is 11.1 Å². The van der Waals surface area contributed by atoms with E-state index in [9.17, 15) is 14.4 Å². The first-order valence-corrected chi connectivity index (χ1v) is 11.8. The monoisotopic (exact) mass is 459 g/mol. The van der Waals surface area contributed by atoms with E-state index in [2.05, 4.69) is 24.4 Å². The van der Waals surface area contributed by atoms with Crippen LogP contribution in [0.5, 0.6) is 0 Å². The van der Waals surface area contributed by atoms with Crippen LogP contribution in [0.1, 0.15) is 35.8 Å². The molecule has 2 N–H and O–H groups in total. The molecular formula is C27H26FN3OS. The minimum absolute atomic E-state index is 0.0121. The van der Waals surface area contributed by atoms with E-state index in [-0.39, 0.29) is 17.6 Å². The van der Waals surface area contributed by atoms with E-state index >= 15 is 0 Å². The van der Waals surface area contributed by atoms with Crippen LogP contribution in [0, 0.1) is 23.1 Å². The maximum Gasteiger partial charge on any atom is 0.232 e. The molecule has 2 heterocycles. The predicted octanol–water partition coefficient (Wildman–Crippen LogP) is 5.59. The van der Waals surface area contributed by atoms with Gasteiger partial charge in [-0.3, -0.25) is 4.79 Å². The molecule has 0 bridgehead atoms. The lowest BCUT2D eigenvalue weighted by atomic mass is 9.70. The molecule has 4 nitrogen and oxygen atoms in total. The minimum atomic E-state index is -0.535. The van der Waals surface area contributed by atoms with Crippen LogP contribution in [0.2, 0.25) is 0 Å². The highest BCUT2D eigenvalue weighted by molar-refractivity contribution is 7.10. The summed E-state index contributed by atoms with van der Waals surface area (Å²) < 4.78 is 13.2. The maximum atomic E-state index is 13.3. The zero-order valence-corrected chi connectivity index (χ0v) is 19.5. The van der Waals surface area contributed by atoms with E-state index in [0.29, 0.717) is 17.8 Å². The normalized spacial score (nSPS) is 20.4. The number of aryl methyl sites for hydroxylation is 1. The Kier molecular flexibility index (Phi) is 6.35. The quantitative estimate of drug-likeness (QED) is 0.522. The molecule has 33 heavy (non-hydrogen) atoms. The number of benzene rings is 2. The van der Waals surface area contributed by atoms with Crippen molar-refractivity contribution >= 4 is 17.2 Å². The Morgan fingerprint density at radius 1 is 1.18 bits per heavy atom. The number of carbonyl (C=O) groups excluding carboxylic acids is 1. The molecule has 1 amide bonds. The standard InChI is InChI=1S/C27H26FN3OS/c1-27(24-14-21(17-33-24)20-7-3-6-19(13-20)16-29)15-25(30)31(2)26(32)23(27)8-4-5-18-9-11-22(28)12-10-18/h3,6-7,9-15,17,23H,4-5,8,30H2,1-2H3/t23?,27-/m0/s1. The summed E-state index contributed by atoms with van der Waals surface area (Å²) in [6, 6.07) is 18.3. The average molecular weight is 460 g/mol. The summed E-state index contributed by atoms with van der Waals surface area (Å²) in [5.41, 5.74) is 9.37. The average Bonchev–Trinajstić information content (AvgIpc) is 3.32. The SMILES string of the molecule is CN1C(=O)C(CCCc2ccc(F)cc2)[C@@](C)(c2cc(-c3cccc(C#N)c3)cs2)C=C1N. The van der Waals surface area contributed by atoms with Crippen LogP contribution in [-0.4, -0.2) is 17.9 Å². The Morgan fingerprint density at radius 3 is 2.67 bits per heavy atom. The first-order valence-electron chi connectivity index (χ1n) is 10.9. The second kappa shape index (κ2) is 9.21. The van der Waals surface area contributed by atoms with Crippen molar-refractivity contribution in [1.29, 1.82) is 5.26 Å². The molecule has 2 atom stereocenters. The summed E-state index contributed by atoms with van der Waals surface area (Å²) in [4.78, 5) is 15.9. The van der Waals surface area contributed by atoms with Gasteiger partial charge in [0.05, 0.1) is 17.6 Å². The minimum Gasteiger partial charge on any atom is -0.385 e. The van der Waals surface area contributed by atoms with Crippen LogP contribution >= 0.6 is 11.3 Å². The molecule has 1 aromatic heterocycles. The highest BCUT2D eigenvalue weighted by Crippen LogP contribution is 2.45. The number of hydrogen-bond acceptors (Lipinski definition) is 4. The number of carbonyl (C=O) groups is 1. The third kappa shape index (κ3) is 4.55. The van der Waals surface area contributed by atoms with E-state index in [1.165, 1.54) is 17.0 Å².